The first kappa shape index (κ1) is 23.7. The maximum atomic E-state index is 13.5. The Bertz CT molecular complexity index is 1200. The summed E-state index contributed by atoms with van der Waals surface area (Å²) in [5.41, 5.74) is -0.804. The molecule has 5 rings (SSSR count). The van der Waals surface area contributed by atoms with Gasteiger partial charge in [0.15, 0.2) is 17.5 Å². The van der Waals surface area contributed by atoms with Crippen LogP contribution in [0.3, 0.4) is 0 Å². The maximum absolute atomic E-state index is 13.5. The van der Waals surface area contributed by atoms with Crippen molar-refractivity contribution >= 4 is 46.3 Å². The van der Waals surface area contributed by atoms with E-state index in [-0.39, 0.29) is 28.3 Å². The second-order valence-electron chi connectivity index (χ2n) is 8.70. The molecule has 34 heavy (non-hydrogen) atoms. The minimum Gasteiger partial charge on any atom is -0.382 e. The third-order valence-corrected chi connectivity index (χ3v) is 9.37. The smallest absolute Gasteiger partial charge is 0.255 e. The van der Waals surface area contributed by atoms with E-state index in [0.717, 1.165) is 47.7 Å². The van der Waals surface area contributed by atoms with Gasteiger partial charge in [0, 0.05) is 45.1 Å². The largest absolute Gasteiger partial charge is 0.382 e. The Balaban J connectivity index is 1.31. The molecule has 1 unspecified atom stereocenters. The second kappa shape index (κ2) is 9.18. The van der Waals surface area contributed by atoms with Crippen LogP contribution in [0.1, 0.15) is 41.0 Å². The molecule has 0 spiro atoms. The summed E-state index contributed by atoms with van der Waals surface area (Å²) in [7, 11) is 0. The fourth-order valence-corrected chi connectivity index (χ4v) is 7.65. The second-order valence-corrected chi connectivity index (χ2v) is 11.3. The van der Waals surface area contributed by atoms with E-state index in [1.165, 1.54) is 17.4 Å². The average molecular weight is 525 g/mol. The Morgan fingerprint density at radius 3 is 2.44 bits per heavy atom. The van der Waals surface area contributed by atoms with Crippen molar-refractivity contribution in [3.8, 4) is 0 Å². The van der Waals surface area contributed by atoms with Crippen molar-refractivity contribution in [2.45, 2.75) is 41.4 Å². The van der Waals surface area contributed by atoms with Gasteiger partial charge < -0.3 is 10.4 Å². The lowest BCUT2D eigenvalue weighted by molar-refractivity contribution is -0.0642. The Morgan fingerprint density at radius 2 is 1.82 bits per heavy atom. The molecule has 1 aromatic heterocycles. The van der Waals surface area contributed by atoms with Crippen LogP contribution in [0.5, 0.6) is 0 Å². The highest BCUT2D eigenvalue weighted by molar-refractivity contribution is 8.00. The number of nitrogens with one attached hydrogen (secondary N) is 1. The van der Waals surface area contributed by atoms with Gasteiger partial charge in [-0.15, -0.1) is 23.1 Å². The SMILES string of the molecule is O=C(Nc1cc(F)c(F)c(F)c1)c1ccc(Cl)c(S[C@@H]2CC3CC[C@@H](C2)[C@@]3(O)c2nccs2)c1. The average Bonchev–Trinajstić information content (AvgIpc) is 3.38. The number of carbonyl (C=O) groups excluding carboxylic acids is 1. The molecule has 2 aliphatic carbocycles. The van der Waals surface area contributed by atoms with Gasteiger partial charge in [-0.05, 0) is 55.7 Å². The molecule has 0 saturated heterocycles. The quantitative estimate of drug-likeness (QED) is 0.367. The maximum Gasteiger partial charge on any atom is 0.255 e. The molecule has 0 radical (unpaired) electrons. The third-order valence-electron chi connectivity index (χ3n) is 6.71. The van der Waals surface area contributed by atoms with E-state index in [1.807, 2.05) is 5.38 Å². The van der Waals surface area contributed by atoms with Crippen LogP contribution in [0, 0.1) is 29.3 Å². The number of rotatable bonds is 5. The molecule has 2 N–H and O–H groups in total. The number of aromatic nitrogens is 1. The van der Waals surface area contributed by atoms with Gasteiger partial charge in [-0.2, -0.15) is 0 Å². The Morgan fingerprint density at radius 1 is 1.15 bits per heavy atom. The zero-order valence-electron chi connectivity index (χ0n) is 17.7. The molecular formula is C24H20ClF3N2O2S2. The molecular weight excluding hydrogens is 505 g/mol. The number of halogens is 4. The van der Waals surface area contributed by atoms with Gasteiger partial charge in [-0.3, -0.25) is 4.79 Å². The van der Waals surface area contributed by atoms with Crippen molar-refractivity contribution in [3.63, 3.8) is 0 Å². The molecule has 2 aliphatic rings. The van der Waals surface area contributed by atoms with Gasteiger partial charge in [-0.1, -0.05) is 11.6 Å². The Hall–Kier alpha value is -2.07. The molecule has 2 saturated carbocycles. The molecule has 2 fully saturated rings. The van der Waals surface area contributed by atoms with Gasteiger partial charge in [0.1, 0.15) is 10.6 Å². The zero-order chi connectivity index (χ0) is 24.0. The van der Waals surface area contributed by atoms with Crippen molar-refractivity contribution in [1.82, 2.24) is 4.98 Å². The van der Waals surface area contributed by atoms with E-state index in [9.17, 15) is 23.1 Å². The van der Waals surface area contributed by atoms with Gasteiger partial charge in [0.25, 0.3) is 5.91 Å². The number of thiazole rings is 1. The normalized spacial score (nSPS) is 26.0. The molecule has 4 nitrogen and oxygen atoms in total. The molecule has 1 amide bonds. The summed E-state index contributed by atoms with van der Waals surface area (Å²) in [6, 6.07) is 6.21. The molecule has 10 heteroatoms. The molecule has 2 aromatic carbocycles. The standard InChI is InChI=1S/C24H20ClF3N2O2S2/c25-17-4-1-12(22(31)30-15-10-18(26)21(28)19(27)11-15)7-20(17)34-16-8-13-2-3-14(9-16)24(13,32)23-29-5-6-33-23/h1,4-7,10-11,13-14,16,32H,2-3,8-9H2,(H,30,31)/t13-,14?,16-,24-/m0/s1. The van der Waals surface area contributed by atoms with Gasteiger partial charge in [0.2, 0.25) is 0 Å². The predicted octanol–water partition coefficient (Wildman–Crippen LogP) is 6.63. The van der Waals surface area contributed by atoms with Crippen LogP contribution in [0.4, 0.5) is 18.9 Å². The zero-order valence-corrected chi connectivity index (χ0v) is 20.1. The number of aliphatic hydroxyl groups is 1. The first-order chi connectivity index (χ1) is 16.3. The minimum absolute atomic E-state index is 0.114. The van der Waals surface area contributed by atoms with Gasteiger partial charge in [-0.25, -0.2) is 18.2 Å². The van der Waals surface area contributed by atoms with Gasteiger partial charge in [0.05, 0.1) is 5.02 Å². The highest BCUT2D eigenvalue weighted by Gasteiger charge is 2.55. The third kappa shape index (κ3) is 4.23. The number of thioether (sulfide) groups is 1. The van der Waals surface area contributed by atoms with E-state index >= 15 is 0 Å². The molecule has 3 aromatic rings. The van der Waals surface area contributed by atoms with Crippen molar-refractivity contribution in [1.29, 1.82) is 0 Å². The Labute approximate surface area is 207 Å². The van der Waals surface area contributed by atoms with E-state index in [0.29, 0.717) is 5.02 Å². The number of carbonyl (C=O) groups is 1. The molecule has 178 valence electrons. The summed E-state index contributed by atoms with van der Waals surface area (Å²) in [5.74, 6) is -4.72. The lowest BCUT2D eigenvalue weighted by atomic mass is 9.74. The summed E-state index contributed by atoms with van der Waals surface area (Å²) in [5, 5.41) is 17.2. The topological polar surface area (TPSA) is 62.2 Å². The van der Waals surface area contributed by atoms with Crippen LogP contribution in [0.2, 0.25) is 5.02 Å². The number of hydrogen-bond acceptors (Lipinski definition) is 5. The summed E-state index contributed by atoms with van der Waals surface area (Å²) in [6.07, 6.45) is 5.22. The lowest BCUT2D eigenvalue weighted by Gasteiger charge is -2.41. The number of amides is 1. The lowest BCUT2D eigenvalue weighted by Crippen LogP contribution is -2.43. The summed E-state index contributed by atoms with van der Waals surface area (Å²) in [6.45, 7) is 0. The highest BCUT2D eigenvalue weighted by Crippen LogP contribution is 2.58. The van der Waals surface area contributed by atoms with Gasteiger partial charge >= 0.3 is 0 Å². The van der Waals surface area contributed by atoms with Crippen LogP contribution < -0.4 is 5.32 Å². The van der Waals surface area contributed by atoms with E-state index < -0.39 is 29.0 Å². The van der Waals surface area contributed by atoms with Crippen LogP contribution in [-0.2, 0) is 5.60 Å². The number of benzene rings is 2. The summed E-state index contributed by atoms with van der Waals surface area (Å²) in [4.78, 5) is 17.8. The molecule has 4 atom stereocenters. The summed E-state index contributed by atoms with van der Waals surface area (Å²) < 4.78 is 40.1. The molecule has 1 heterocycles. The van der Waals surface area contributed by atoms with Crippen LogP contribution in [0.25, 0.3) is 0 Å². The van der Waals surface area contributed by atoms with Crippen molar-refractivity contribution < 1.29 is 23.1 Å². The summed E-state index contributed by atoms with van der Waals surface area (Å²) >= 11 is 9.48. The van der Waals surface area contributed by atoms with Crippen LogP contribution >= 0.6 is 34.7 Å². The predicted molar refractivity (Wildman–Crippen MR) is 127 cm³/mol. The van der Waals surface area contributed by atoms with Crippen LogP contribution in [-0.4, -0.2) is 21.2 Å². The molecule has 0 aliphatic heterocycles. The fourth-order valence-electron chi connectivity index (χ4n) is 5.11. The van der Waals surface area contributed by atoms with E-state index in [1.54, 1.807) is 30.1 Å². The molecule has 2 bridgehead atoms. The first-order valence-corrected chi connectivity index (χ1v) is 12.9. The van der Waals surface area contributed by atoms with E-state index in [4.69, 9.17) is 11.6 Å². The monoisotopic (exact) mass is 524 g/mol. The fraction of sp³-hybridized carbons (Fsp3) is 0.333. The number of anilines is 1. The van der Waals surface area contributed by atoms with E-state index in [2.05, 4.69) is 10.3 Å². The van der Waals surface area contributed by atoms with Crippen molar-refractivity contribution in [2.75, 3.05) is 5.32 Å². The highest BCUT2D eigenvalue weighted by atomic mass is 35.5. The number of hydrogen-bond donors (Lipinski definition) is 2. The first-order valence-electron chi connectivity index (χ1n) is 10.8. The van der Waals surface area contributed by atoms with Crippen molar-refractivity contribution in [2.24, 2.45) is 11.8 Å². The number of fused-ring (bicyclic) bond motifs is 2. The van der Waals surface area contributed by atoms with Crippen LogP contribution in [0.15, 0.2) is 46.8 Å². The Kier molecular flexibility index (Phi) is 6.39. The number of nitrogens with zero attached hydrogens (tertiary/aromatic N) is 1. The van der Waals surface area contributed by atoms with Crippen molar-refractivity contribution in [3.05, 3.63) is 75.0 Å². The minimum atomic E-state index is -1.59.